The van der Waals surface area contributed by atoms with E-state index in [0.717, 1.165) is 0 Å². The van der Waals surface area contributed by atoms with Gasteiger partial charge in [-0.15, -0.1) is 0 Å². The lowest BCUT2D eigenvalue weighted by Gasteiger charge is -2.10. The van der Waals surface area contributed by atoms with Crippen molar-refractivity contribution >= 4 is 23.5 Å². The summed E-state index contributed by atoms with van der Waals surface area (Å²) in [5.74, 6) is -1.77. The molecule has 1 heterocycles. The van der Waals surface area contributed by atoms with Gasteiger partial charge in [0.2, 0.25) is 11.8 Å². The molecule has 2 rings (SSSR count). The van der Waals surface area contributed by atoms with Crippen molar-refractivity contribution in [2.24, 2.45) is 0 Å². The number of anilines is 1. The molecule has 1 aliphatic heterocycles. The predicted octanol–water partition coefficient (Wildman–Crippen LogP) is 0.212. The third-order valence-electron chi connectivity index (χ3n) is 2.42. The highest BCUT2D eigenvalue weighted by Crippen LogP contribution is 2.14. The van der Waals surface area contributed by atoms with E-state index in [-0.39, 0.29) is 17.9 Å². The number of aromatic carboxylic acids is 1. The van der Waals surface area contributed by atoms with Gasteiger partial charge in [-0.3, -0.25) is 14.9 Å². The Morgan fingerprint density at radius 1 is 1.41 bits per heavy atom. The second-order valence-electron chi connectivity index (χ2n) is 3.70. The van der Waals surface area contributed by atoms with Crippen molar-refractivity contribution < 1.29 is 19.5 Å². The Labute approximate surface area is 96.6 Å². The van der Waals surface area contributed by atoms with Crippen LogP contribution in [0.5, 0.6) is 0 Å². The van der Waals surface area contributed by atoms with Gasteiger partial charge in [-0.05, 0) is 18.2 Å². The highest BCUT2D eigenvalue weighted by Gasteiger charge is 2.30. The quantitative estimate of drug-likeness (QED) is 0.650. The molecule has 0 spiro atoms. The molecule has 0 bridgehead atoms. The van der Waals surface area contributed by atoms with Gasteiger partial charge in [0.25, 0.3) is 0 Å². The monoisotopic (exact) mass is 234 g/mol. The van der Waals surface area contributed by atoms with Crippen molar-refractivity contribution in [1.29, 1.82) is 0 Å². The average Bonchev–Trinajstić information content (AvgIpc) is 2.58. The van der Waals surface area contributed by atoms with E-state index in [9.17, 15) is 14.4 Å². The van der Waals surface area contributed by atoms with Crippen LogP contribution in [-0.2, 0) is 9.59 Å². The van der Waals surface area contributed by atoms with Gasteiger partial charge in [-0.2, -0.15) is 0 Å². The van der Waals surface area contributed by atoms with Crippen molar-refractivity contribution in [1.82, 2.24) is 5.32 Å². The van der Waals surface area contributed by atoms with E-state index >= 15 is 0 Å². The normalized spacial score (nSPS) is 18.9. The summed E-state index contributed by atoms with van der Waals surface area (Å²) in [5.41, 5.74) is 0.625. The van der Waals surface area contributed by atoms with Gasteiger partial charge in [0.15, 0.2) is 0 Å². The highest BCUT2D eigenvalue weighted by molar-refractivity contribution is 6.06. The van der Waals surface area contributed by atoms with Crippen LogP contribution in [0.15, 0.2) is 24.3 Å². The molecule has 88 valence electrons. The number of hydrogen-bond acceptors (Lipinski definition) is 4. The lowest BCUT2D eigenvalue weighted by molar-refractivity contribution is -0.124. The Balaban J connectivity index is 2.13. The standard InChI is InChI=1S/C11H10N2O4/c14-9-5-8(10(15)13-9)12-7-3-1-2-6(4-7)11(16)17/h1-4,8,12H,5H2,(H,16,17)(H,13,14,15). The van der Waals surface area contributed by atoms with E-state index in [1.165, 1.54) is 12.1 Å². The van der Waals surface area contributed by atoms with Gasteiger partial charge in [-0.25, -0.2) is 4.79 Å². The maximum absolute atomic E-state index is 11.3. The summed E-state index contributed by atoms with van der Waals surface area (Å²) in [6.07, 6.45) is 0.0656. The maximum atomic E-state index is 11.3. The third kappa shape index (κ3) is 2.41. The molecule has 1 atom stereocenters. The van der Waals surface area contributed by atoms with Crippen molar-refractivity contribution in [3.8, 4) is 0 Å². The minimum Gasteiger partial charge on any atom is -0.478 e. The molecule has 0 saturated carbocycles. The first-order chi connectivity index (χ1) is 8.06. The number of imide groups is 1. The Morgan fingerprint density at radius 2 is 2.18 bits per heavy atom. The average molecular weight is 234 g/mol. The van der Waals surface area contributed by atoms with E-state index in [1.807, 2.05) is 0 Å². The van der Waals surface area contributed by atoms with E-state index in [2.05, 4.69) is 10.6 Å². The van der Waals surface area contributed by atoms with Gasteiger partial charge in [0.1, 0.15) is 6.04 Å². The molecule has 0 radical (unpaired) electrons. The summed E-state index contributed by atoms with van der Waals surface area (Å²) < 4.78 is 0. The second-order valence-corrected chi connectivity index (χ2v) is 3.70. The molecule has 0 aromatic heterocycles. The summed E-state index contributed by atoms with van der Waals surface area (Å²) in [6, 6.07) is 5.45. The number of benzene rings is 1. The zero-order valence-electron chi connectivity index (χ0n) is 8.77. The number of rotatable bonds is 3. The molecule has 17 heavy (non-hydrogen) atoms. The van der Waals surface area contributed by atoms with Crippen LogP contribution in [0.3, 0.4) is 0 Å². The molecular formula is C11H10N2O4. The maximum Gasteiger partial charge on any atom is 0.335 e. The molecule has 1 unspecified atom stereocenters. The van der Waals surface area contributed by atoms with Crippen LogP contribution in [0.4, 0.5) is 5.69 Å². The third-order valence-corrected chi connectivity index (χ3v) is 2.42. The second kappa shape index (κ2) is 4.25. The lowest BCUT2D eigenvalue weighted by Crippen LogP contribution is -2.30. The Morgan fingerprint density at radius 3 is 2.76 bits per heavy atom. The number of hydrogen-bond donors (Lipinski definition) is 3. The minimum atomic E-state index is -1.04. The molecule has 6 heteroatoms. The van der Waals surface area contributed by atoms with E-state index < -0.39 is 17.9 Å². The van der Waals surface area contributed by atoms with Crippen molar-refractivity contribution in [3.05, 3.63) is 29.8 Å². The molecular weight excluding hydrogens is 224 g/mol. The first kappa shape index (κ1) is 11.1. The van der Waals surface area contributed by atoms with E-state index in [0.29, 0.717) is 5.69 Å². The molecule has 1 aromatic carbocycles. The molecule has 1 saturated heterocycles. The fraction of sp³-hybridized carbons (Fsp3) is 0.182. The van der Waals surface area contributed by atoms with Gasteiger partial charge in [0.05, 0.1) is 12.0 Å². The molecule has 1 aromatic rings. The number of carboxylic acids is 1. The summed E-state index contributed by atoms with van der Waals surface area (Å²) >= 11 is 0. The predicted molar refractivity (Wildman–Crippen MR) is 58.6 cm³/mol. The molecule has 1 fully saturated rings. The SMILES string of the molecule is O=C1CC(Nc2cccc(C(=O)O)c2)C(=O)N1. The first-order valence-electron chi connectivity index (χ1n) is 5.00. The fourth-order valence-corrected chi connectivity index (χ4v) is 1.61. The van der Waals surface area contributed by atoms with Crippen LogP contribution >= 0.6 is 0 Å². The van der Waals surface area contributed by atoms with Gasteiger partial charge < -0.3 is 10.4 Å². The van der Waals surface area contributed by atoms with Crippen LogP contribution in [0, 0.1) is 0 Å². The summed E-state index contributed by atoms with van der Waals surface area (Å²) in [7, 11) is 0. The van der Waals surface area contributed by atoms with Gasteiger partial charge in [0, 0.05) is 5.69 Å². The number of nitrogens with one attached hydrogen (secondary N) is 2. The highest BCUT2D eigenvalue weighted by atomic mass is 16.4. The largest absolute Gasteiger partial charge is 0.478 e. The van der Waals surface area contributed by atoms with Crippen LogP contribution in [0.1, 0.15) is 16.8 Å². The van der Waals surface area contributed by atoms with Crippen LogP contribution in [-0.4, -0.2) is 28.9 Å². The molecule has 3 N–H and O–H groups in total. The molecule has 0 aliphatic carbocycles. The smallest absolute Gasteiger partial charge is 0.335 e. The zero-order valence-corrected chi connectivity index (χ0v) is 8.77. The Kier molecular flexibility index (Phi) is 2.78. The van der Waals surface area contributed by atoms with Crippen LogP contribution in [0.25, 0.3) is 0 Å². The van der Waals surface area contributed by atoms with Crippen molar-refractivity contribution in [3.63, 3.8) is 0 Å². The number of carbonyl (C=O) groups excluding carboxylic acids is 2. The molecule has 1 aliphatic rings. The lowest BCUT2D eigenvalue weighted by atomic mass is 10.1. The van der Waals surface area contributed by atoms with E-state index in [1.54, 1.807) is 12.1 Å². The fourth-order valence-electron chi connectivity index (χ4n) is 1.61. The molecule has 2 amide bonds. The Bertz CT molecular complexity index is 498. The number of carbonyl (C=O) groups is 3. The minimum absolute atomic E-state index is 0.0656. The number of amides is 2. The summed E-state index contributed by atoms with van der Waals surface area (Å²) in [5, 5.41) is 13.8. The topological polar surface area (TPSA) is 95.5 Å². The van der Waals surface area contributed by atoms with E-state index in [4.69, 9.17) is 5.11 Å². The van der Waals surface area contributed by atoms with Crippen LogP contribution in [0.2, 0.25) is 0 Å². The summed E-state index contributed by atoms with van der Waals surface area (Å²) in [4.78, 5) is 33.0. The zero-order chi connectivity index (χ0) is 12.4. The van der Waals surface area contributed by atoms with Crippen molar-refractivity contribution in [2.45, 2.75) is 12.5 Å². The van der Waals surface area contributed by atoms with Crippen molar-refractivity contribution in [2.75, 3.05) is 5.32 Å². The van der Waals surface area contributed by atoms with Gasteiger partial charge in [-0.1, -0.05) is 6.07 Å². The first-order valence-corrected chi connectivity index (χ1v) is 5.00. The molecule has 6 nitrogen and oxygen atoms in total. The van der Waals surface area contributed by atoms with Gasteiger partial charge >= 0.3 is 5.97 Å². The number of carboxylic acid groups (broad SMARTS) is 1. The Hall–Kier alpha value is -2.37. The summed E-state index contributed by atoms with van der Waals surface area (Å²) in [6.45, 7) is 0. The van der Waals surface area contributed by atoms with Crippen LogP contribution < -0.4 is 10.6 Å².